The van der Waals surface area contributed by atoms with Gasteiger partial charge in [0.15, 0.2) is 0 Å². The molecule has 1 atom stereocenters. The maximum absolute atomic E-state index is 13.0. The van der Waals surface area contributed by atoms with Crippen LogP contribution >= 0.6 is 11.3 Å². The molecule has 0 spiro atoms. The maximum Gasteiger partial charge on any atom is 0.303 e. The molecule has 6 nitrogen and oxygen atoms in total. The van der Waals surface area contributed by atoms with Crippen molar-refractivity contribution in [2.45, 2.75) is 46.0 Å². The fourth-order valence-electron chi connectivity index (χ4n) is 3.43. The number of hydrogen-bond donors (Lipinski definition) is 3. The topological polar surface area (TPSA) is 95.5 Å². The van der Waals surface area contributed by atoms with Gasteiger partial charge in [0.25, 0.3) is 5.91 Å². The van der Waals surface area contributed by atoms with Crippen molar-refractivity contribution in [3.05, 3.63) is 45.8 Å². The Morgan fingerprint density at radius 2 is 1.82 bits per heavy atom. The highest BCUT2D eigenvalue weighted by atomic mass is 32.1. The van der Waals surface area contributed by atoms with Crippen LogP contribution in [-0.4, -0.2) is 22.9 Å². The second kappa shape index (κ2) is 8.56. The first kappa shape index (κ1) is 20.1. The van der Waals surface area contributed by atoms with Gasteiger partial charge in [-0.15, -0.1) is 11.3 Å². The van der Waals surface area contributed by atoms with Crippen LogP contribution in [0.3, 0.4) is 0 Å². The van der Waals surface area contributed by atoms with Crippen LogP contribution in [0.4, 0.5) is 10.7 Å². The summed E-state index contributed by atoms with van der Waals surface area (Å²) in [6.45, 7) is 3.71. The molecule has 1 aromatic heterocycles. The molecule has 148 valence electrons. The van der Waals surface area contributed by atoms with Crippen molar-refractivity contribution in [3.63, 3.8) is 0 Å². The molecule has 0 bridgehead atoms. The lowest BCUT2D eigenvalue weighted by molar-refractivity contribution is -0.138. The van der Waals surface area contributed by atoms with E-state index in [-0.39, 0.29) is 30.6 Å². The van der Waals surface area contributed by atoms with Gasteiger partial charge >= 0.3 is 5.97 Å². The van der Waals surface area contributed by atoms with Gasteiger partial charge < -0.3 is 15.7 Å². The largest absolute Gasteiger partial charge is 0.481 e. The van der Waals surface area contributed by atoms with Crippen LogP contribution in [0.5, 0.6) is 0 Å². The number of fused-ring (bicyclic) bond motifs is 1. The predicted octanol–water partition coefficient (Wildman–Crippen LogP) is 4.24. The van der Waals surface area contributed by atoms with Gasteiger partial charge in [-0.2, -0.15) is 0 Å². The molecule has 2 aromatic rings. The molecule has 3 rings (SSSR count). The van der Waals surface area contributed by atoms with Gasteiger partial charge in [0.2, 0.25) is 5.91 Å². The minimum absolute atomic E-state index is 0.0604. The molecule has 3 N–H and O–H groups in total. The summed E-state index contributed by atoms with van der Waals surface area (Å²) in [6, 6.07) is 7.57. The van der Waals surface area contributed by atoms with Crippen LogP contribution in [0.25, 0.3) is 0 Å². The SMILES string of the molecule is Cc1ccc(NC(=O)c2c(NC(=O)CC(C)CC(=O)O)sc3c2CCC3)cc1. The van der Waals surface area contributed by atoms with E-state index in [4.69, 9.17) is 5.11 Å². The standard InChI is InChI=1S/C21H24N2O4S/c1-12-6-8-14(9-7-12)22-20(27)19-15-4-3-5-16(15)28-21(19)23-17(24)10-13(2)11-18(25)26/h6-9,13H,3-5,10-11H2,1-2H3,(H,22,27)(H,23,24)(H,25,26). The zero-order valence-corrected chi connectivity index (χ0v) is 16.8. The van der Waals surface area contributed by atoms with E-state index >= 15 is 0 Å². The second-order valence-electron chi connectivity index (χ2n) is 7.34. The van der Waals surface area contributed by atoms with E-state index in [1.54, 1.807) is 6.92 Å². The third-order valence-corrected chi connectivity index (χ3v) is 5.97. The van der Waals surface area contributed by atoms with Crippen LogP contribution < -0.4 is 10.6 Å². The van der Waals surface area contributed by atoms with E-state index in [2.05, 4.69) is 10.6 Å². The van der Waals surface area contributed by atoms with Gasteiger partial charge in [-0.25, -0.2) is 0 Å². The normalized spacial score (nSPS) is 13.6. The molecule has 1 heterocycles. The number of hydrogen-bond acceptors (Lipinski definition) is 4. The highest BCUT2D eigenvalue weighted by Gasteiger charge is 2.28. The van der Waals surface area contributed by atoms with Crippen molar-refractivity contribution in [3.8, 4) is 0 Å². The van der Waals surface area contributed by atoms with Gasteiger partial charge in [0, 0.05) is 23.4 Å². The Balaban J connectivity index is 1.77. The van der Waals surface area contributed by atoms with E-state index in [1.165, 1.54) is 11.3 Å². The second-order valence-corrected chi connectivity index (χ2v) is 8.44. The highest BCUT2D eigenvalue weighted by Crippen LogP contribution is 2.39. The number of rotatable bonds is 7. The minimum atomic E-state index is -0.923. The van der Waals surface area contributed by atoms with Crippen LogP contribution in [0, 0.1) is 12.8 Å². The first-order valence-electron chi connectivity index (χ1n) is 9.37. The fourth-order valence-corrected chi connectivity index (χ4v) is 4.73. The number of anilines is 2. The summed E-state index contributed by atoms with van der Waals surface area (Å²) in [7, 11) is 0. The lowest BCUT2D eigenvalue weighted by atomic mass is 10.0. The number of carboxylic acid groups (broad SMARTS) is 1. The Bertz CT molecular complexity index is 902. The zero-order chi connectivity index (χ0) is 20.3. The number of thiophene rings is 1. The Labute approximate surface area is 168 Å². The summed E-state index contributed by atoms with van der Waals surface area (Å²) >= 11 is 1.45. The lowest BCUT2D eigenvalue weighted by Gasteiger charge is -2.11. The van der Waals surface area contributed by atoms with Crippen LogP contribution in [-0.2, 0) is 22.4 Å². The van der Waals surface area contributed by atoms with Gasteiger partial charge in [0.1, 0.15) is 5.00 Å². The predicted molar refractivity (Wildman–Crippen MR) is 110 cm³/mol. The van der Waals surface area contributed by atoms with Crippen molar-refractivity contribution >= 4 is 39.8 Å². The third-order valence-electron chi connectivity index (χ3n) is 4.77. The Hall–Kier alpha value is -2.67. The number of nitrogens with one attached hydrogen (secondary N) is 2. The highest BCUT2D eigenvalue weighted by molar-refractivity contribution is 7.17. The molecule has 0 fully saturated rings. The lowest BCUT2D eigenvalue weighted by Crippen LogP contribution is -2.20. The van der Waals surface area contributed by atoms with Gasteiger partial charge in [-0.3, -0.25) is 14.4 Å². The Morgan fingerprint density at radius 3 is 2.50 bits per heavy atom. The summed E-state index contributed by atoms with van der Waals surface area (Å²) in [5.41, 5.74) is 3.37. The van der Waals surface area contributed by atoms with Crippen LogP contribution in [0.2, 0.25) is 0 Å². The van der Waals surface area contributed by atoms with E-state index in [1.807, 2.05) is 31.2 Å². The Kier molecular flexibility index (Phi) is 6.14. The molecule has 0 aliphatic heterocycles. The Morgan fingerprint density at radius 1 is 1.11 bits per heavy atom. The third kappa shape index (κ3) is 4.78. The molecule has 0 radical (unpaired) electrons. The number of aryl methyl sites for hydroxylation is 2. The van der Waals surface area contributed by atoms with E-state index in [9.17, 15) is 14.4 Å². The van der Waals surface area contributed by atoms with Crippen LogP contribution in [0.15, 0.2) is 24.3 Å². The molecular formula is C21H24N2O4S. The van der Waals surface area contributed by atoms with Crippen molar-refractivity contribution in [2.75, 3.05) is 10.6 Å². The van der Waals surface area contributed by atoms with E-state index in [0.717, 1.165) is 35.3 Å². The van der Waals surface area contributed by atoms with Crippen molar-refractivity contribution in [1.29, 1.82) is 0 Å². The molecule has 0 saturated heterocycles. The summed E-state index contributed by atoms with van der Waals surface area (Å²) in [4.78, 5) is 37.3. The smallest absolute Gasteiger partial charge is 0.303 e. The average Bonchev–Trinajstić information content (AvgIpc) is 3.16. The summed E-state index contributed by atoms with van der Waals surface area (Å²) in [5, 5.41) is 15.2. The van der Waals surface area contributed by atoms with Crippen LogP contribution in [0.1, 0.15) is 52.5 Å². The number of amides is 2. The number of aliphatic carboxylic acids is 1. The van der Waals surface area contributed by atoms with Crippen molar-refractivity contribution in [2.24, 2.45) is 5.92 Å². The molecule has 1 unspecified atom stereocenters. The maximum atomic E-state index is 13.0. The fraction of sp³-hybridized carbons (Fsp3) is 0.381. The number of benzene rings is 1. The van der Waals surface area contributed by atoms with E-state index in [0.29, 0.717) is 16.3 Å². The molecule has 1 aromatic carbocycles. The number of carbonyl (C=O) groups is 3. The summed E-state index contributed by atoms with van der Waals surface area (Å²) < 4.78 is 0. The molecule has 1 aliphatic rings. The molecule has 28 heavy (non-hydrogen) atoms. The number of carbonyl (C=O) groups excluding carboxylic acids is 2. The van der Waals surface area contributed by atoms with Gasteiger partial charge in [-0.05, 0) is 49.8 Å². The molecular weight excluding hydrogens is 376 g/mol. The molecule has 7 heteroatoms. The number of carboxylic acids is 1. The molecule has 2 amide bonds. The van der Waals surface area contributed by atoms with Gasteiger partial charge in [-0.1, -0.05) is 24.6 Å². The minimum Gasteiger partial charge on any atom is -0.481 e. The molecule has 0 saturated carbocycles. The summed E-state index contributed by atoms with van der Waals surface area (Å²) in [6.07, 6.45) is 2.79. The monoisotopic (exact) mass is 400 g/mol. The quantitative estimate of drug-likeness (QED) is 0.648. The van der Waals surface area contributed by atoms with Gasteiger partial charge in [0.05, 0.1) is 5.56 Å². The summed E-state index contributed by atoms with van der Waals surface area (Å²) in [5.74, 6) is -1.68. The van der Waals surface area contributed by atoms with Crippen molar-refractivity contribution in [1.82, 2.24) is 0 Å². The van der Waals surface area contributed by atoms with E-state index < -0.39 is 5.97 Å². The first-order valence-corrected chi connectivity index (χ1v) is 10.2. The molecule has 1 aliphatic carbocycles. The first-order chi connectivity index (χ1) is 13.3. The zero-order valence-electron chi connectivity index (χ0n) is 16.0. The van der Waals surface area contributed by atoms with Crippen molar-refractivity contribution < 1.29 is 19.5 Å². The average molecular weight is 401 g/mol.